The fraction of sp³-hybridized carbons (Fsp3) is 0.385. The molecule has 2 rings (SSSR count). The second kappa shape index (κ2) is 3.95. The van der Waals surface area contributed by atoms with Gasteiger partial charge in [-0.2, -0.15) is 0 Å². The summed E-state index contributed by atoms with van der Waals surface area (Å²) in [4.78, 5) is 0. The Balaban J connectivity index is 2.55. The fourth-order valence-corrected chi connectivity index (χ4v) is 3.12. The Morgan fingerprint density at radius 3 is 2.80 bits per heavy atom. The maximum Gasteiger partial charge on any atom is 0.0380 e. The zero-order valence-electron chi connectivity index (χ0n) is 9.29. The van der Waals surface area contributed by atoms with Gasteiger partial charge in [-0.05, 0) is 40.8 Å². The molecule has 0 amide bonds. The third kappa shape index (κ3) is 1.92. The summed E-state index contributed by atoms with van der Waals surface area (Å²) >= 11 is 1.83. The highest BCUT2D eigenvalue weighted by Gasteiger charge is 2.22. The number of benzene rings is 1. The summed E-state index contributed by atoms with van der Waals surface area (Å²) in [5.74, 6) is 0. The maximum atomic E-state index is 5.67. The summed E-state index contributed by atoms with van der Waals surface area (Å²) in [7, 11) is 0. The van der Waals surface area contributed by atoms with E-state index in [0.717, 1.165) is 13.0 Å². The predicted molar refractivity (Wildman–Crippen MR) is 68.5 cm³/mol. The quantitative estimate of drug-likeness (QED) is 0.839. The average Bonchev–Trinajstić information content (AvgIpc) is 2.64. The van der Waals surface area contributed by atoms with Gasteiger partial charge in [0.15, 0.2) is 0 Å². The minimum Gasteiger partial charge on any atom is -0.330 e. The molecule has 0 spiro atoms. The molecule has 1 heterocycles. The second-order valence-corrected chi connectivity index (χ2v) is 5.48. The molecule has 1 aromatic heterocycles. The molecule has 1 aromatic carbocycles. The topological polar surface area (TPSA) is 26.0 Å². The van der Waals surface area contributed by atoms with E-state index in [-0.39, 0.29) is 5.41 Å². The Labute approximate surface area is 94.9 Å². The van der Waals surface area contributed by atoms with E-state index in [4.69, 9.17) is 5.73 Å². The molecule has 0 aliphatic heterocycles. The lowest BCUT2D eigenvalue weighted by atomic mass is 9.81. The van der Waals surface area contributed by atoms with Gasteiger partial charge in [-0.1, -0.05) is 32.0 Å². The van der Waals surface area contributed by atoms with E-state index >= 15 is 0 Å². The molecule has 2 aromatic rings. The minimum absolute atomic E-state index is 0.180. The van der Waals surface area contributed by atoms with E-state index < -0.39 is 0 Å². The number of nitrogens with two attached hydrogens (primary N) is 1. The van der Waals surface area contributed by atoms with Crippen molar-refractivity contribution in [1.82, 2.24) is 0 Å². The second-order valence-electron chi connectivity index (χ2n) is 4.57. The van der Waals surface area contributed by atoms with Gasteiger partial charge in [0.05, 0.1) is 0 Å². The summed E-state index contributed by atoms with van der Waals surface area (Å²) < 4.78 is 1.41. The smallest absolute Gasteiger partial charge is 0.0380 e. The number of rotatable bonds is 3. The summed E-state index contributed by atoms with van der Waals surface area (Å²) in [6.45, 7) is 5.29. The van der Waals surface area contributed by atoms with Crippen LogP contribution in [0.3, 0.4) is 0 Å². The van der Waals surface area contributed by atoms with Crippen LogP contribution in [0.5, 0.6) is 0 Å². The van der Waals surface area contributed by atoms with Crippen LogP contribution in [0, 0.1) is 0 Å². The van der Waals surface area contributed by atoms with Crippen molar-refractivity contribution in [3.05, 3.63) is 35.2 Å². The number of fused-ring (bicyclic) bond motifs is 1. The Morgan fingerprint density at radius 1 is 1.27 bits per heavy atom. The van der Waals surface area contributed by atoms with E-state index in [0.29, 0.717) is 0 Å². The van der Waals surface area contributed by atoms with Crippen molar-refractivity contribution in [3.63, 3.8) is 0 Å². The SMILES string of the molecule is CC(C)(CCN)c1cccc2ccsc12. The molecule has 0 atom stereocenters. The molecule has 0 unspecified atom stereocenters. The lowest BCUT2D eigenvalue weighted by molar-refractivity contribution is 0.492. The molecule has 0 saturated heterocycles. The Bertz CT molecular complexity index is 456. The van der Waals surface area contributed by atoms with Crippen LogP contribution >= 0.6 is 11.3 Å². The van der Waals surface area contributed by atoms with Crippen molar-refractivity contribution < 1.29 is 0 Å². The highest BCUT2D eigenvalue weighted by Crippen LogP contribution is 2.35. The molecule has 15 heavy (non-hydrogen) atoms. The molecule has 2 heteroatoms. The maximum absolute atomic E-state index is 5.67. The van der Waals surface area contributed by atoms with Crippen molar-refractivity contribution in [2.75, 3.05) is 6.54 Å². The Morgan fingerprint density at radius 2 is 2.07 bits per heavy atom. The lowest BCUT2D eigenvalue weighted by Gasteiger charge is -2.25. The summed E-state index contributed by atoms with van der Waals surface area (Å²) in [5, 5.41) is 3.51. The van der Waals surface area contributed by atoms with Crippen molar-refractivity contribution in [2.24, 2.45) is 5.73 Å². The van der Waals surface area contributed by atoms with Crippen molar-refractivity contribution in [3.8, 4) is 0 Å². The monoisotopic (exact) mass is 219 g/mol. The third-order valence-electron chi connectivity index (χ3n) is 2.98. The number of thiophene rings is 1. The first-order valence-corrected chi connectivity index (χ1v) is 6.20. The summed E-state index contributed by atoms with van der Waals surface area (Å²) in [6, 6.07) is 8.73. The van der Waals surface area contributed by atoms with Gasteiger partial charge in [0.2, 0.25) is 0 Å². The molecule has 2 N–H and O–H groups in total. The molecule has 0 aliphatic rings. The van der Waals surface area contributed by atoms with Gasteiger partial charge in [-0.15, -0.1) is 11.3 Å². The zero-order chi connectivity index (χ0) is 10.9. The van der Waals surface area contributed by atoms with Crippen LogP contribution in [0.2, 0.25) is 0 Å². The van der Waals surface area contributed by atoms with Crippen LogP contribution in [0.15, 0.2) is 29.6 Å². The zero-order valence-corrected chi connectivity index (χ0v) is 10.1. The summed E-state index contributed by atoms with van der Waals surface area (Å²) in [5.41, 5.74) is 7.29. The minimum atomic E-state index is 0.180. The van der Waals surface area contributed by atoms with Crippen LogP contribution in [-0.4, -0.2) is 6.54 Å². The van der Waals surface area contributed by atoms with Crippen molar-refractivity contribution in [2.45, 2.75) is 25.7 Å². The van der Waals surface area contributed by atoms with E-state index in [1.165, 1.54) is 15.6 Å². The van der Waals surface area contributed by atoms with E-state index in [1.807, 2.05) is 11.3 Å². The molecule has 0 saturated carbocycles. The first kappa shape index (κ1) is 10.7. The average molecular weight is 219 g/mol. The number of hydrogen-bond donors (Lipinski definition) is 1. The van der Waals surface area contributed by atoms with Crippen molar-refractivity contribution in [1.29, 1.82) is 0 Å². The molecule has 0 fully saturated rings. The Kier molecular flexibility index (Phi) is 2.81. The highest BCUT2D eigenvalue weighted by atomic mass is 32.1. The molecule has 0 aliphatic carbocycles. The first-order valence-electron chi connectivity index (χ1n) is 5.32. The first-order chi connectivity index (χ1) is 7.15. The van der Waals surface area contributed by atoms with Crippen LogP contribution in [0.25, 0.3) is 10.1 Å². The van der Waals surface area contributed by atoms with E-state index in [9.17, 15) is 0 Å². The molecular weight excluding hydrogens is 202 g/mol. The normalized spacial score (nSPS) is 12.2. The molecular formula is C13H17NS. The highest BCUT2D eigenvalue weighted by molar-refractivity contribution is 7.17. The van der Waals surface area contributed by atoms with Gasteiger partial charge in [-0.25, -0.2) is 0 Å². The fourth-order valence-electron chi connectivity index (χ4n) is 2.02. The Hall–Kier alpha value is -0.860. The predicted octanol–water partition coefficient (Wildman–Crippen LogP) is 3.53. The largest absolute Gasteiger partial charge is 0.330 e. The van der Waals surface area contributed by atoms with E-state index in [2.05, 4.69) is 43.5 Å². The van der Waals surface area contributed by atoms with Crippen LogP contribution < -0.4 is 5.73 Å². The molecule has 1 nitrogen and oxygen atoms in total. The standard InChI is InChI=1S/C13H17NS/c1-13(2,7-8-14)11-5-3-4-10-6-9-15-12(10)11/h3-6,9H,7-8,14H2,1-2H3. The third-order valence-corrected chi connectivity index (χ3v) is 3.94. The van der Waals surface area contributed by atoms with Gasteiger partial charge in [0, 0.05) is 4.70 Å². The van der Waals surface area contributed by atoms with Crippen LogP contribution in [0.4, 0.5) is 0 Å². The van der Waals surface area contributed by atoms with Crippen molar-refractivity contribution >= 4 is 21.4 Å². The van der Waals surface area contributed by atoms with E-state index in [1.54, 1.807) is 0 Å². The van der Waals surface area contributed by atoms with Gasteiger partial charge < -0.3 is 5.73 Å². The molecule has 0 radical (unpaired) electrons. The molecule has 0 bridgehead atoms. The van der Waals surface area contributed by atoms with Crippen LogP contribution in [0.1, 0.15) is 25.8 Å². The number of hydrogen-bond acceptors (Lipinski definition) is 2. The van der Waals surface area contributed by atoms with Gasteiger partial charge in [-0.3, -0.25) is 0 Å². The van der Waals surface area contributed by atoms with Gasteiger partial charge >= 0.3 is 0 Å². The van der Waals surface area contributed by atoms with Gasteiger partial charge in [0.25, 0.3) is 0 Å². The summed E-state index contributed by atoms with van der Waals surface area (Å²) in [6.07, 6.45) is 1.03. The van der Waals surface area contributed by atoms with Gasteiger partial charge in [0.1, 0.15) is 0 Å². The van der Waals surface area contributed by atoms with Crippen LogP contribution in [-0.2, 0) is 5.41 Å². The lowest BCUT2D eigenvalue weighted by Crippen LogP contribution is -2.21. The molecule has 80 valence electrons.